The first kappa shape index (κ1) is 17.0. The van der Waals surface area contributed by atoms with Gasteiger partial charge in [0, 0.05) is 25.7 Å². The number of amides is 1. The summed E-state index contributed by atoms with van der Waals surface area (Å²) in [5.41, 5.74) is -0.00256. The molecule has 4 heteroatoms. The summed E-state index contributed by atoms with van der Waals surface area (Å²) in [5, 5.41) is 10.8. The van der Waals surface area contributed by atoms with Gasteiger partial charge in [-0.05, 0) is 45.7 Å². The minimum Gasteiger partial charge on any atom is -0.379 e. The highest BCUT2D eigenvalue weighted by atomic mass is 16.3. The Bertz CT molecular complexity index is 489. The molecule has 0 saturated carbocycles. The Labute approximate surface area is 133 Å². The van der Waals surface area contributed by atoms with Gasteiger partial charge in [0.05, 0.1) is 0 Å². The number of likely N-dealkylation sites (tertiary alicyclic amines) is 1. The third-order valence-corrected chi connectivity index (χ3v) is 4.61. The van der Waals surface area contributed by atoms with Gasteiger partial charge in [-0.1, -0.05) is 30.3 Å². The Morgan fingerprint density at radius 3 is 2.64 bits per heavy atom. The van der Waals surface area contributed by atoms with Crippen LogP contribution in [0.3, 0.4) is 0 Å². The van der Waals surface area contributed by atoms with Crippen molar-refractivity contribution in [3.05, 3.63) is 35.9 Å². The fourth-order valence-electron chi connectivity index (χ4n) is 2.93. The highest BCUT2D eigenvalue weighted by molar-refractivity contribution is 5.86. The van der Waals surface area contributed by atoms with Gasteiger partial charge in [0.1, 0.15) is 0 Å². The number of hydrogen-bond donors (Lipinski definition) is 1. The molecule has 0 radical (unpaired) electrons. The van der Waals surface area contributed by atoms with Crippen LogP contribution in [-0.2, 0) is 11.2 Å². The summed E-state index contributed by atoms with van der Waals surface area (Å²) in [5.74, 6) is -0.109. The van der Waals surface area contributed by atoms with Crippen LogP contribution in [0.25, 0.3) is 0 Å². The van der Waals surface area contributed by atoms with Crippen molar-refractivity contribution in [3.63, 3.8) is 0 Å². The molecule has 1 aliphatic rings. The van der Waals surface area contributed by atoms with Crippen LogP contribution in [0.1, 0.15) is 32.3 Å². The number of benzene rings is 1. The third kappa shape index (κ3) is 4.08. The number of rotatable bonds is 6. The van der Waals surface area contributed by atoms with E-state index in [0.717, 1.165) is 19.4 Å². The van der Waals surface area contributed by atoms with Crippen molar-refractivity contribution in [2.24, 2.45) is 0 Å². The number of carbonyl (C=O) groups is 1. The summed E-state index contributed by atoms with van der Waals surface area (Å²) >= 11 is 0. The Kier molecular flexibility index (Phi) is 5.59. The van der Waals surface area contributed by atoms with Gasteiger partial charge in [0.25, 0.3) is 5.91 Å². The van der Waals surface area contributed by atoms with Gasteiger partial charge < -0.3 is 14.9 Å². The van der Waals surface area contributed by atoms with Gasteiger partial charge >= 0.3 is 0 Å². The number of nitrogens with zero attached hydrogens (tertiary/aromatic N) is 2. The monoisotopic (exact) mass is 304 g/mol. The van der Waals surface area contributed by atoms with Gasteiger partial charge in [-0.3, -0.25) is 4.79 Å². The predicted octanol–water partition coefficient (Wildman–Crippen LogP) is 1.92. The zero-order valence-corrected chi connectivity index (χ0v) is 14.0. The second-order valence-electron chi connectivity index (χ2n) is 6.67. The molecule has 22 heavy (non-hydrogen) atoms. The van der Waals surface area contributed by atoms with E-state index in [2.05, 4.69) is 26.0 Å². The number of piperidine rings is 1. The maximum Gasteiger partial charge on any atom is 0.255 e. The topological polar surface area (TPSA) is 43.8 Å². The van der Waals surface area contributed by atoms with Crippen molar-refractivity contribution in [1.82, 2.24) is 9.80 Å². The molecule has 0 spiro atoms. The zero-order chi connectivity index (χ0) is 16.2. The first-order chi connectivity index (χ1) is 10.4. The second kappa shape index (κ2) is 7.25. The van der Waals surface area contributed by atoms with Crippen LogP contribution >= 0.6 is 0 Å². The summed E-state index contributed by atoms with van der Waals surface area (Å²) in [7, 11) is 1.96. The molecule has 1 saturated heterocycles. The smallest absolute Gasteiger partial charge is 0.255 e. The summed E-state index contributed by atoms with van der Waals surface area (Å²) < 4.78 is 0. The lowest BCUT2D eigenvalue weighted by Crippen LogP contribution is -2.59. The lowest BCUT2D eigenvalue weighted by atomic mass is 9.90. The Hall–Kier alpha value is -1.39. The fourth-order valence-corrected chi connectivity index (χ4v) is 2.93. The van der Waals surface area contributed by atoms with Gasteiger partial charge in [0.2, 0.25) is 0 Å². The summed E-state index contributed by atoms with van der Waals surface area (Å²) in [6.07, 6.45) is 2.26. The number of aliphatic hydroxyl groups is 1. The van der Waals surface area contributed by atoms with Crippen molar-refractivity contribution >= 4 is 5.91 Å². The van der Waals surface area contributed by atoms with Gasteiger partial charge in [0.15, 0.2) is 5.60 Å². The van der Waals surface area contributed by atoms with E-state index in [1.807, 2.05) is 35.0 Å². The van der Waals surface area contributed by atoms with Gasteiger partial charge in [-0.25, -0.2) is 0 Å². The normalized spacial score (nSPS) is 22.6. The highest BCUT2D eigenvalue weighted by Gasteiger charge is 2.42. The standard InChI is InChI=1S/C18H28N2O2/c1-15(2)19(3)14-18(22)11-7-12-20(17(18)21)13-10-16-8-5-4-6-9-16/h4-6,8-9,15,22H,7,10-14H2,1-3H3/t18-/m0/s1. The fraction of sp³-hybridized carbons (Fsp3) is 0.611. The van der Waals surface area contributed by atoms with Crippen LogP contribution < -0.4 is 0 Å². The van der Waals surface area contributed by atoms with Crippen LogP contribution in [0.15, 0.2) is 30.3 Å². The maximum absolute atomic E-state index is 12.7. The molecule has 1 aromatic rings. The van der Waals surface area contributed by atoms with Crippen LogP contribution in [0.4, 0.5) is 0 Å². The van der Waals surface area contributed by atoms with E-state index in [0.29, 0.717) is 25.6 Å². The molecule has 1 aliphatic heterocycles. The molecule has 0 bridgehead atoms. The molecule has 1 heterocycles. The minimum atomic E-state index is -1.23. The van der Waals surface area contributed by atoms with E-state index < -0.39 is 5.60 Å². The minimum absolute atomic E-state index is 0.109. The molecule has 122 valence electrons. The Morgan fingerprint density at radius 1 is 1.32 bits per heavy atom. The predicted molar refractivity (Wildman–Crippen MR) is 88.7 cm³/mol. The van der Waals surface area contributed by atoms with Crippen molar-refractivity contribution in [3.8, 4) is 0 Å². The second-order valence-corrected chi connectivity index (χ2v) is 6.67. The number of likely N-dealkylation sites (N-methyl/N-ethyl adjacent to an activating group) is 1. The van der Waals surface area contributed by atoms with E-state index >= 15 is 0 Å². The van der Waals surface area contributed by atoms with Crippen LogP contribution in [-0.4, -0.2) is 59.1 Å². The molecule has 1 fully saturated rings. The molecule has 1 amide bonds. The van der Waals surface area contributed by atoms with Crippen molar-refractivity contribution in [2.75, 3.05) is 26.7 Å². The lowest BCUT2D eigenvalue weighted by Gasteiger charge is -2.41. The SMILES string of the molecule is CC(C)N(C)C[C@@]1(O)CCCN(CCc2ccccc2)C1=O. The molecular formula is C18H28N2O2. The van der Waals surface area contributed by atoms with Crippen molar-refractivity contribution in [1.29, 1.82) is 0 Å². The van der Waals surface area contributed by atoms with Crippen LogP contribution in [0.5, 0.6) is 0 Å². The third-order valence-electron chi connectivity index (χ3n) is 4.61. The molecule has 0 aliphatic carbocycles. The molecule has 1 atom stereocenters. The molecule has 4 nitrogen and oxygen atoms in total. The van der Waals surface area contributed by atoms with Crippen molar-refractivity contribution < 1.29 is 9.90 Å². The van der Waals surface area contributed by atoms with E-state index in [1.165, 1.54) is 5.56 Å². The molecule has 1 aromatic carbocycles. The largest absolute Gasteiger partial charge is 0.379 e. The molecule has 0 aromatic heterocycles. The van der Waals surface area contributed by atoms with Crippen LogP contribution in [0, 0.1) is 0 Å². The van der Waals surface area contributed by atoms with E-state index in [4.69, 9.17) is 0 Å². The van der Waals surface area contributed by atoms with Gasteiger partial charge in [-0.15, -0.1) is 0 Å². The highest BCUT2D eigenvalue weighted by Crippen LogP contribution is 2.24. The van der Waals surface area contributed by atoms with Crippen LogP contribution in [0.2, 0.25) is 0 Å². The summed E-state index contributed by atoms with van der Waals surface area (Å²) in [4.78, 5) is 16.5. The average Bonchev–Trinajstić information content (AvgIpc) is 2.50. The summed E-state index contributed by atoms with van der Waals surface area (Å²) in [6.45, 7) is 5.98. The first-order valence-electron chi connectivity index (χ1n) is 8.18. The quantitative estimate of drug-likeness (QED) is 0.873. The van der Waals surface area contributed by atoms with E-state index in [-0.39, 0.29) is 5.91 Å². The maximum atomic E-state index is 12.7. The zero-order valence-electron chi connectivity index (χ0n) is 14.0. The Morgan fingerprint density at radius 2 is 2.00 bits per heavy atom. The Balaban J connectivity index is 1.97. The van der Waals surface area contributed by atoms with Crippen molar-refractivity contribution in [2.45, 2.75) is 44.8 Å². The number of hydrogen-bond acceptors (Lipinski definition) is 3. The molecular weight excluding hydrogens is 276 g/mol. The van der Waals surface area contributed by atoms with Gasteiger partial charge in [-0.2, -0.15) is 0 Å². The lowest BCUT2D eigenvalue weighted by molar-refractivity contribution is -0.159. The molecule has 1 N–H and O–H groups in total. The molecule has 2 rings (SSSR count). The number of carbonyl (C=O) groups excluding carboxylic acids is 1. The molecule has 0 unspecified atom stereocenters. The first-order valence-corrected chi connectivity index (χ1v) is 8.18. The summed E-state index contributed by atoms with van der Waals surface area (Å²) in [6, 6.07) is 10.5. The van der Waals surface area contributed by atoms with E-state index in [9.17, 15) is 9.90 Å². The average molecular weight is 304 g/mol. The van der Waals surface area contributed by atoms with E-state index in [1.54, 1.807) is 0 Å².